The van der Waals surface area contributed by atoms with Gasteiger partial charge in [-0.25, -0.2) is 0 Å². The Morgan fingerprint density at radius 2 is 2.00 bits per heavy atom. The second-order valence-electron chi connectivity index (χ2n) is 7.60. The number of carbonyl (C=O) groups is 1. The molecule has 1 atom stereocenters. The third-order valence-electron chi connectivity index (χ3n) is 5.48. The molecule has 0 unspecified atom stereocenters. The zero-order valence-corrected chi connectivity index (χ0v) is 17.7. The number of nitrogen functional groups attached to an aromatic ring is 1. The lowest BCUT2D eigenvalue weighted by atomic mass is 10.0. The molecule has 0 aromatic heterocycles. The molecule has 0 spiro atoms. The zero-order chi connectivity index (χ0) is 22.6. The number of rotatable bonds is 7. The van der Waals surface area contributed by atoms with E-state index in [4.69, 9.17) is 22.4 Å². The van der Waals surface area contributed by atoms with Crippen LogP contribution in [0.15, 0.2) is 42.5 Å². The fourth-order valence-corrected chi connectivity index (χ4v) is 4.03. The summed E-state index contributed by atoms with van der Waals surface area (Å²) in [4.78, 5) is 15.9. The van der Waals surface area contributed by atoms with E-state index in [1.807, 2.05) is 4.90 Å². The lowest BCUT2D eigenvalue weighted by Gasteiger charge is -2.32. The molecule has 1 fully saturated rings. The van der Waals surface area contributed by atoms with Crippen LogP contribution >= 0.6 is 11.6 Å². The van der Waals surface area contributed by atoms with Crippen molar-refractivity contribution in [1.29, 1.82) is 0 Å². The predicted molar refractivity (Wildman–Crippen MR) is 115 cm³/mol. The van der Waals surface area contributed by atoms with Crippen molar-refractivity contribution >= 4 is 28.9 Å². The third-order valence-corrected chi connectivity index (χ3v) is 5.81. The second-order valence-corrected chi connectivity index (χ2v) is 8.01. The Morgan fingerprint density at radius 3 is 2.68 bits per heavy atom. The lowest BCUT2D eigenvalue weighted by Crippen LogP contribution is -2.39. The molecule has 1 saturated heterocycles. The molecule has 168 valence electrons. The number of aliphatic hydroxyl groups is 1. The van der Waals surface area contributed by atoms with Crippen molar-refractivity contribution in [2.45, 2.75) is 38.0 Å². The van der Waals surface area contributed by atoms with Gasteiger partial charge in [-0.1, -0.05) is 29.8 Å². The minimum atomic E-state index is -4.47. The average Bonchev–Trinajstić information content (AvgIpc) is 3.22. The van der Waals surface area contributed by atoms with Crippen molar-refractivity contribution < 1.29 is 23.1 Å². The lowest BCUT2D eigenvalue weighted by molar-refractivity contribution is -0.138. The van der Waals surface area contributed by atoms with Gasteiger partial charge in [-0.3, -0.25) is 4.79 Å². The number of alkyl halides is 3. The SMILES string of the molecule is Nc1ccc(N(Cc2ccccc2C(F)(F)F)[C@H]2CCN(C(=O)CCCO)C2)cc1Cl. The van der Waals surface area contributed by atoms with Crippen LogP contribution in [0.4, 0.5) is 24.5 Å². The molecule has 1 aliphatic rings. The van der Waals surface area contributed by atoms with Gasteiger partial charge in [0, 0.05) is 44.4 Å². The Balaban J connectivity index is 1.90. The molecule has 0 aliphatic carbocycles. The van der Waals surface area contributed by atoms with Gasteiger partial charge in [-0.05, 0) is 42.7 Å². The number of halogens is 4. The smallest absolute Gasteiger partial charge is 0.398 e. The third kappa shape index (κ3) is 5.62. The monoisotopic (exact) mass is 455 g/mol. The van der Waals surface area contributed by atoms with Crippen LogP contribution in [-0.4, -0.2) is 41.7 Å². The largest absolute Gasteiger partial charge is 0.416 e. The van der Waals surface area contributed by atoms with Crippen LogP contribution in [0.5, 0.6) is 0 Å². The van der Waals surface area contributed by atoms with Crippen molar-refractivity contribution in [3.05, 3.63) is 58.6 Å². The molecule has 9 heteroatoms. The van der Waals surface area contributed by atoms with Crippen molar-refractivity contribution in [2.24, 2.45) is 0 Å². The van der Waals surface area contributed by atoms with E-state index in [1.165, 1.54) is 12.1 Å². The molecular weight excluding hydrogens is 431 g/mol. The maximum absolute atomic E-state index is 13.6. The van der Waals surface area contributed by atoms with Gasteiger partial charge in [0.15, 0.2) is 0 Å². The van der Waals surface area contributed by atoms with Gasteiger partial charge >= 0.3 is 6.18 Å². The minimum absolute atomic E-state index is 0.0132. The van der Waals surface area contributed by atoms with E-state index >= 15 is 0 Å². The van der Waals surface area contributed by atoms with E-state index in [0.717, 1.165) is 6.07 Å². The van der Waals surface area contributed by atoms with Gasteiger partial charge < -0.3 is 20.6 Å². The highest BCUT2D eigenvalue weighted by molar-refractivity contribution is 6.33. The number of aliphatic hydroxyl groups excluding tert-OH is 1. The summed E-state index contributed by atoms with van der Waals surface area (Å²) in [5.74, 6) is -0.0671. The van der Waals surface area contributed by atoms with E-state index < -0.39 is 11.7 Å². The van der Waals surface area contributed by atoms with Crippen LogP contribution in [-0.2, 0) is 17.5 Å². The van der Waals surface area contributed by atoms with Crippen LogP contribution in [0, 0.1) is 0 Å². The van der Waals surface area contributed by atoms with E-state index in [1.54, 1.807) is 29.2 Å². The number of benzene rings is 2. The van der Waals surface area contributed by atoms with Gasteiger partial charge in [0.05, 0.1) is 16.3 Å². The molecule has 3 N–H and O–H groups in total. The van der Waals surface area contributed by atoms with Gasteiger partial charge in [-0.15, -0.1) is 0 Å². The molecule has 2 aromatic carbocycles. The Kier molecular flexibility index (Phi) is 7.33. The molecular formula is C22H25ClF3N3O2. The highest BCUT2D eigenvalue weighted by atomic mass is 35.5. The number of hydrogen-bond donors (Lipinski definition) is 2. The first-order chi connectivity index (χ1) is 14.7. The molecule has 1 amide bonds. The first-order valence-electron chi connectivity index (χ1n) is 10.1. The number of nitrogens with zero attached hydrogens (tertiary/aromatic N) is 2. The molecule has 0 radical (unpaired) electrons. The number of nitrogens with two attached hydrogens (primary N) is 1. The van der Waals surface area contributed by atoms with Crippen LogP contribution in [0.25, 0.3) is 0 Å². The van der Waals surface area contributed by atoms with Crippen LogP contribution < -0.4 is 10.6 Å². The Bertz CT molecular complexity index is 923. The van der Waals surface area contributed by atoms with Crippen LogP contribution in [0.2, 0.25) is 5.02 Å². The van der Waals surface area contributed by atoms with Crippen molar-refractivity contribution in [3.8, 4) is 0 Å². The van der Waals surface area contributed by atoms with Crippen molar-refractivity contribution in [3.63, 3.8) is 0 Å². The average molecular weight is 456 g/mol. The molecule has 31 heavy (non-hydrogen) atoms. The first-order valence-corrected chi connectivity index (χ1v) is 10.4. The summed E-state index contributed by atoms with van der Waals surface area (Å²) in [6.07, 6.45) is -3.23. The molecule has 2 aromatic rings. The number of hydrogen-bond acceptors (Lipinski definition) is 4. The molecule has 0 bridgehead atoms. The summed E-state index contributed by atoms with van der Waals surface area (Å²) >= 11 is 6.19. The summed E-state index contributed by atoms with van der Waals surface area (Å²) in [5.41, 5.74) is 6.30. The normalized spacial score (nSPS) is 16.5. The highest BCUT2D eigenvalue weighted by Gasteiger charge is 2.35. The maximum atomic E-state index is 13.6. The fourth-order valence-electron chi connectivity index (χ4n) is 3.86. The summed E-state index contributed by atoms with van der Waals surface area (Å²) in [7, 11) is 0. The maximum Gasteiger partial charge on any atom is 0.416 e. The standard InChI is InChI=1S/C22H25ClF3N3O2/c23-19-12-16(7-8-20(19)27)29(13-15-4-1-2-5-18(15)22(24,25)26)17-9-10-28(14-17)21(31)6-3-11-30/h1-2,4-5,7-8,12,17,30H,3,6,9-11,13-14,27H2/t17-/m0/s1. The predicted octanol–water partition coefficient (Wildman–Crippen LogP) is 4.32. The highest BCUT2D eigenvalue weighted by Crippen LogP contribution is 2.35. The van der Waals surface area contributed by atoms with E-state index in [2.05, 4.69) is 0 Å². The van der Waals surface area contributed by atoms with Gasteiger partial charge in [0.2, 0.25) is 5.91 Å². The Morgan fingerprint density at radius 1 is 1.26 bits per heavy atom. The van der Waals surface area contributed by atoms with Gasteiger partial charge in [0.25, 0.3) is 0 Å². The van der Waals surface area contributed by atoms with E-state index in [-0.39, 0.29) is 37.1 Å². The minimum Gasteiger partial charge on any atom is -0.398 e. The number of carbonyl (C=O) groups excluding carboxylic acids is 1. The molecule has 5 nitrogen and oxygen atoms in total. The van der Waals surface area contributed by atoms with Crippen LogP contribution in [0.3, 0.4) is 0 Å². The second kappa shape index (κ2) is 9.78. The number of amides is 1. The summed E-state index contributed by atoms with van der Waals surface area (Å²) < 4.78 is 40.7. The summed E-state index contributed by atoms with van der Waals surface area (Å²) in [6.45, 7) is 0.849. The summed E-state index contributed by atoms with van der Waals surface area (Å²) in [6, 6.07) is 10.3. The van der Waals surface area contributed by atoms with E-state index in [9.17, 15) is 18.0 Å². The molecule has 0 saturated carbocycles. The van der Waals surface area contributed by atoms with Gasteiger partial charge in [-0.2, -0.15) is 13.2 Å². The topological polar surface area (TPSA) is 69.8 Å². The first kappa shape index (κ1) is 23.2. The number of anilines is 2. The molecule has 1 aliphatic heterocycles. The van der Waals surface area contributed by atoms with Gasteiger partial charge in [0.1, 0.15) is 0 Å². The molecule has 1 heterocycles. The van der Waals surface area contributed by atoms with Crippen LogP contribution in [0.1, 0.15) is 30.4 Å². The quantitative estimate of drug-likeness (QED) is 0.610. The van der Waals surface area contributed by atoms with E-state index in [0.29, 0.717) is 42.3 Å². The Labute approximate surface area is 184 Å². The van der Waals surface area contributed by atoms with Crippen molar-refractivity contribution in [2.75, 3.05) is 30.3 Å². The van der Waals surface area contributed by atoms with Crippen molar-refractivity contribution in [1.82, 2.24) is 4.90 Å². The Hall–Kier alpha value is -2.45. The molecule has 3 rings (SSSR count). The fraction of sp³-hybridized carbons (Fsp3) is 0.409. The number of likely N-dealkylation sites (tertiary alicyclic amines) is 1. The summed E-state index contributed by atoms with van der Waals surface area (Å²) in [5, 5.41) is 9.28. The zero-order valence-electron chi connectivity index (χ0n) is 16.9.